The third kappa shape index (κ3) is 1.73. The van der Waals surface area contributed by atoms with Crippen LogP contribution in [0.4, 0.5) is 0 Å². The molecule has 2 heterocycles. The first-order valence-corrected chi connectivity index (χ1v) is 6.70. The van der Waals surface area contributed by atoms with Crippen LogP contribution in [0, 0.1) is 12.8 Å². The average Bonchev–Trinajstić information content (AvgIpc) is 2.82. The van der Waals surface area contributed by atoms with Crippen LogP contribution in [0.3, 0.4) is 0 Å². The van der Waals surface area contributed by atoms with E-state index in [0.29, 0.717) is 5.92 Å². The second-order valence-corrected chi connectivity index (χ2v) is 5.52. The van der Waals surface area contributed by atoms with Gasteiger partial charge in [-0.2, -0.15) is 0 Å². The molecule has 3 nitrogen and oxygen atoms in total. The lowest BCUT2D eigenvalue weighted by Gasteiger charge is -2.46. The van der Waals surface area contributed by atoms with Gasteiger partial charge in [-0.1, -0.05) is 12.1 Å². The van der Waals surface area contributed by atoms with Gasteiger partial charge in [-0.05, 0) is 49.5 Å². The van der Waals surface area contributed by atoms with E-state index in [9.17, 15) is 0 Å². The van der Waals surface area contributed by atoms with Crippen molar-refractivity contribution in [3.05, 3.63) is 29.3 Å². The summed E-state index contributed by atoms with van der Waals surface area (Å²) in [5.41, 5.74) is 2.87. The van der Waals surface area contributed by atoms with Crippen LogP contribution in [0.2, 0.25) is 0 Å². The molecule has 1 aromatic carbocycles. The van der Waals surface area contributed by atoms with E-state index in [1.807, 2.05) is 0 Å². The first-order valence-electron chi connectivity index (χ1n) is 6.70. The van der Waals surface area contributed by atoms with Crippen LogP contribution in [-0.4, -0.2) is 33.4 Å². The topological polar surface area (TPSA) is 30.5 Å². The SMILES string of the molecule is COc1ccc(C2(C3CCNC3)COC2)cc1C. The van der Waals surface area contributed by atoms with Gasteiger partial charge in [0.25, 0.3) is 0 Å². The van der Waals surface area contributed by atoms with Crippen molar-refractivity contribution in [2.45, 2.75) is 18.8 Å². The molecule has 2 fully saturated rings. The fourth-order valence-electron chi connectivity index (χ4n) is 3.27. The second-order valence-electron chi connectivity index (χ2n) is 5.52. The molecular formula is C15H21NO2. The number of benzene rings is 1. The maximum Gasteiger partial charge on any atom is 0.121 e. The maximum atomic E-state index is 5.54. The van der Waals surface area contributed by atoms with Crippen molar-refractivity contribution in [2.24, 2.45) is 5.92 Å². The fourth-order valence-corrected chi connectivity index (χ4v) is 3.27. The Hall–Kier alpha value is -1.06. The van der Waals surface area contributed by atoms with Crippen LogP contribution >= 0.6 is 0 Å². The van der Waals surface area contributed by atoms with E-state index in [4.69, 9.17) is 9.47 Å². The van der Waals surface area contributed by atoms with Gasteiger partial charge in [-0.25, -0.2) is 0 Å². The van der Waals surface area contributed by atoms with Crippen molar-refractivity contribution < 1.29 is 9.47 Å². The van der Waals surface area contributed by atoms with Crippen LogP contribution in [-0.2, 0) is 10.2 Å². The summed E-state index contributed by atoms with van der Waals surface area (Å²) >= 11 is 0. The van der Waals surface area contributed by atoms with E-state index < -0.39 is 0 Å². The molecule has 0 aromatic heterocycles. The molecule has 1 aromatic rings. The zero-order valence-corrected chi connectivity index (χ0v) is 11.2. The van der Waals surface area contributed by atoms with Gasteiger partial charge in [0, 0.05) is 5.41 Å². The molecule has 98 valence electrons. The van der Waals surface area contributed by atoms with E-state index in [0.717, 1.165) is 32.1 Å². The number of aryl methyl sites for hydroxylation is 1. The van der Waals surface area contributed by atoms with Crippen molar-refractivity contribution in [3.8, 4) is 5.75 Å². The smallest absolute Gasteiger partial charge is 0.121 e. The molecular weight excluding hydrogens is 226 g/mol. The first kappa shape index (κ1) is 12.0. The summed E-state index contributed by atoms with van der Waals surface area (Å²) < 4.78 is 10.9. The number of rotatable bonds is 3. The molecule has 2 aliphatic rings. The van der Waals surface area contributed by atoms with Gasteiger partial charge in [-0.3, -0.25) is 0 Å². The minimum absolute atomic E-state index is 0.237. The molecule has 0 bridgehead atoms. The molecule has 2 aliphatic heterocycles. The maximum absolute atomic E-state index is 5.54. The summed E-state index contributed by atoms with van der Waals surface area (Å²) in [7, 11) is 1.73. The van der Waals surface area contributed by atoms with Crippen LogP contribution < -0.4 is 10.1 Å². The van der Waals surface area contributed by atoms with Gasteiger partial charge in [0.15, 0.2) is 0 Å². The Labute approximate surface area is 108 Å². The minimum atomic E-state index is 0.237. The Bertz CT molecular complexity index is 434. The Kier molecular flexibility index (Phi) is 3.04. The summed E-state index contributed by atoms with van der Waals surface area (Å²) in [4.78, 5) is 0. The van der Waals surface area contributed by atoms with Gasteiger partial charge in [0.1, 0.15) is 5.75 Å². The lowest BCUT2D eigenvalue weighted by molar-refractivity contribution is -0.0869. The molecule has 3 heteroatoms. The van der Waals surface area contributed by atoms with E-state index >= 15 is 0 Å². The highest BCUT2D eigenvalue weighted by molar-refractivity contribution is 5.41. The van der Waals surface area contributed by atoms with Crippen LogP contribution in [0.25, 0.3) is 0 Å². The highest BCUT2D eigenvalue weighted by atomic mass is 16.5. The molecule has 0 spiro atoms. The Morgan fingerprint density at radius 3 is 2.72 bits per heavy atom. The summed E-state index contributed by atoms with van der Waals surface area (Å²) in [6.45, 7) is 6.11. The van der Waals surface area contributed by atoms with Gasteiger partial charge in [-0.15, -0.1) is 0 Å². The molecule has 2 saturated heterocycles. The van der Waals surface area contributed by atoms with E-state index in [-0.39, 0.29) is 5.41 Å². The Balaban J connectivity index is 1.93. The number of hydrogen-bond donors (Lipinski definition) is 1. The Morgan fingerprint density at radius 1 is 1.39 bits per heavy atom. The predicted octanol–water partition coefficient (Wildman–Crippen LogP) is 1.88. The summed E-state index contributed by atoms with van der Waals surface area (Å²) in [6, 6.07) is 6.58. The highest BCUT2D eigenvalue weighted by Gasteiger charge is 2.47. The van der Waals surface area contributed by atoms with Gasteiger partial charge >= 0.3 is 0 Å². The van der Waals surface area contributed by atoms with E-state index in [2.05, 4.69) is 30.4 Å². The molecule has 1 N–H and O–H groups in total. The fraction of sp³-hybridized carbons (Fsp3) is 0.600. The van der Waals surface area contributed by atoms with Crippen LogP contribution in [0.1, 0.15) is 17.5 Å². The van der Waals surface area contributed by atoms with Crippen molar-refractivity contribution in [1.82, 2.24) is 5.32 Å². The van der Waals surface area contributed by atoms with Gasteiger partial charge in [0.2, 0.25) is 0 Å². The monoisotopic (exact) mass is 247 g/mol. The lowest BCUT2D eigenvalue weighted by Crippen LogP contribution is -2.53. The van der Waals surface area contributed by atoms with E-state index in [1.54, 1.807) is 7.11 Å². The molecule has 18 heavy (non-hydrogen) atoms. The summed E-state index contributed by atoms with van der Waals surface area (Å²) in [6.07, 6.45) is 1.26. The molecule has 0 amide bonds. The van der Waals surface area contributed by atoms with Crippen LogP contribution in [0.15, 0.2) is 18.2 Å². The zero-order valence-electron chi connectivity index (χ0n) is 11.2. The van der Waals surface area contributed by atoms with Gasteiger partial charge in [0.05, 0.1) is 20.3 Å². The largest absolute Gasteiger partial charge is 0.496 e. The van der Waals surface area contributed by atoms with Crippen molar-refractivity contribution >= 4 is 0 Å². The quantitative estimate of drug-likeness (QED) is 0.884. The van der Waals surface area contributed by atoms with Crippen molar-refractivity contribution in [3.63, 3.8) is 0 Å². The van der Waals surface area contributed by atoms with Crippen LogP contribution in [0.5, 0.6) is 5.75 Å². The zero-order chi connectivity index (χ0) is 12.6. The summed E-state index contributed by atoms with van der Waals surface area (Å²) in [5, 5.41) is 3.47. The highest BCUT2D eigenvalue weighted by Crippen LogP contribution is 2.43. The molecule has 0 saturated carbocycles. The number of hydrogen-bond acceptors (Lipinski definition) is 3. The van der Waals surface area contributed by atoms with E-state index in [1.165, 1.54) is 17.5 Å². The predicted molar refractivity (Wildman–Crippen MR) is 71.2 cm³/mol. The number of methoxy groups -OCH3 is 1. The standard InChI is InChI=1S/C15H21NO2/c1-11-7-12(3-4-14(11)17-2)15(9-18-10-15)13-5-6-16-8-13/h3-4,7,13,16H,5-6,8-10H2,1-2H3. The third-order valence-corrected chi connectivity index (χ3v) is 4.53. The molecule has 0 radical (unpaired) electrons. The number of nitrogens with one attached hydrogen (secondary N) is 1. The Morgan fingerprint density at radius 2 is 2.22 bits per heavy atom. The number of ether oxygens (including phenoxy) is 2. The molecule has 0 aliphatic carbocycles. The van der Waals surface area contributed by atoms with Gasteiger partial charge < -0.3 is 14.8 Å². The normalized spacial score (nSPS) is 25.8. The average molecular weight is 247 g/mol. The minimum Gasteiger partial charge on any atom is -0.496 e. The van der Waals surface area contributed by atoms with Crippen molar-refractivity contribution in [1.29, 1.82) is 0 Å². The summed E-state index contributed by atoms with van der Waals surface area (Å²) in [5.74, 6) is 1.68. The molecule has 3 rings (SSSR count). The van der Waals surface area contributed by atoms with Crippen molar-refractivity contribution in [2.75, 3.05) is 33.4 Å². The molecule has 1 atom stereocenters. The lowest BCUT2D eigenvalue weighted by atomic mass is 9.68. The second kappa shape index (κ2) is 4.56. The third-order valence-electron chi connectivity index (χ3n) is 4.53. The first-order chi connectivity index (χ1) is 8.76. The molecule has 1 unspecified atom stereocenters.